The lowest BCUT2D eigenvalue weighted by Gasteiger charge is -2.24. The predicted molar refractivity (Wildman–Crippen MR) is 112 cm³/mol. The summed E-state index contributed by atoms with van der Waals surface area (Å²) in [5.74, 6) is 0. The molecule has 2 aromatic carbocycles. The van der Waals surface area contributed by atoms with Crippen molar-refractivity contribution in [3.8, 4) is 22.5 Å². The van der Waals surface area contributed by atoms with Gasteiger partial charge in [0.05, 0.1) is 35.9 Å². The molecule has 0 spiro atoms. The third-order valence-corrected chi connectivity index (χ3v) is 5.46. The molecule has 1 unspecified atom stereocenters. The zero-order valence-corrected chi connectivity index (χ0v) is 15.8. The van der Waals surface area contributed by atoms with Crippen molar-refractivity contribution in [3.63, 3.8) is 0 Å². The van der Waals surface area contributed by atoms with E-state index in [0.29, 0.717) is 0 Å². The van der Waals surface area contributed by atoms with E-state index in [0.717, 1.165) is 59.4 Å². The lowest BCUT2D eigenvalue weighted by molar-refractivity contribution is 0.00623. The van der Waals surface area contributed by atoms with E-state index in [4.69, 9.17) is 9.72 Å². The number of imidazole rings is 1. The van der Waals surface area contributed by atoms with Crippen LogP contribution in [0.3, 0.4) is 0 Å². The standard InChI is InChI=1S/C24H23N3O/c1-2-8-18(9-3-1)23-24(21-13-14-25-22-12-5-4-11-20(21)22)27(17-26-23)16-19-10-6-7-15-28-19/h1-5,8-9,11-14,17,19H,6-7,10,15-16H2. The van der Waals surface area contributed by atoms with Crippen molar-refractivity contribution in [3.05, 3.63) is 73.2 Å². The number of pyridine rings is 1. The molecule has 1 saturated heterocycles. The molecule has 4 nitrogen and oxygen atoms in total. The maximum Gasteiger partial charge on any atom is 0.0963 e. The van der Waals surface area contributed by atoms with Gasteiger partial charge in [0.25, 0.3) is 0 Å². The van der Waals surface area contributed by atoms with Crippen molar-refractivity contribution in [2.75, 3.05) is 6.61 Å². The van der Waals surface area contributed by atoms with Gasteiger partial charge in [-0.3, -0.25) is 4.98 Å². The summed E-state index contributed by atoms with van der Waals surface area (Å²) in [6.07, 6.45) is 7.61. The summed E-state index contributed by atoms with van der Waals surface area (Å²) < 4.78 is 8.28. The summed E-state index contributed by atoms with van der Waals surface area (Å²) in [5, 5.41) is 1.15. The van der Waals surface area contributed by atoms with Crippen LogP contribution in [-0.4, -0.2) is 27.2 Å². The fraction of sp³-hybridized carbons (Fsp3) is 0.250. The van der Waals surface area contributed by atoms with Crippen molar-refractivity contribution in [1.29, 1.82) is 0 Å². The predicted octanol–water partition coefficient (Wildman–Crippen LogP) is 5.33. The van der Waals surface area contributed by atoms with Crippen LogP contribution in [0.5, 0.6) is 0 Å². The quantitative estimate of drug-likeness (QED) is 0.488. The zero-order chi connectivity index (χ0) is 18.8. The minimum Gasteiger partial charge on any atom is -0.376 e. The second-order valence-electron chi connectivity index (χ2n) is 7.32. The highest BCUT2D eigenvalue weighted by atomic mass is 16.5. The van der Waals surface area contributed by atoms with Crippen LogP contribution in [0.25, 0.3) is 33.4 Å². The van der Waals surface area contributed by atoms with Gasteiger partial charge in [-0.25, -0.2) is 4.98 Å². The summed E-state index contributed by atoms with van der Waals surface area (Å²) in [5.41, 5.74) is 5.44. The monoisotopic (exact) mass is 369 g/mol. The van der Waals surface area contributed by atoms with E-state index in [1.807, 2.05) is 24.7 Å². The third-order valence-electron chi connectivity index (χ3n) is 5.46. The smallest absolute Gasteiger partial charge is 0.0963 e. The van der Waals surface area contributed by atoms with E-state index in [9.17, 15) is 0 Å². The largest absolute Gasteiger partial charge is 0.376 e. The Morgan fingerprint density at radius 1 is 0.929 bits per heavy atom. The van der Waals surface area contributed by atoms with Gasteiger partial charge < -0.3 is 9.30 Å². The zero-order valence-electron chi connectivity index (χ0n) is 15.8. The first-order valence-electron chi connectivity index (χ1n) is 9.96. The van der Waals surface area contributed by atoms with E-state index in [1.54, 1.807) is 0 Å². The molecular weight excluding hydrogens is 346 g/mol. The molecule has 0 bridgehead atoms. The van der Waals surface area contributed by atoms with E-state index in [-0.39, 0.29) is 6.10 Å². The van der Waals surface area contributed by atoms with Crippen LogP contribution in [0.15, 0.2) is 73.2 Å². The summed E-state index contributed by atoms with van der Waals surface area (Å²) in [7, 11) is 0. The number of benzene rings is 2. The maximum absolute atomic E-state index is 6.01. The first-order valence-corrected chi connectivity index (χ1v) is 9.96. The Kier molecular flexibility index (Phi) is 4.63. The fourth-order valence-corrected chi connectivity index (χ4v) is 4.08. The highest BCUT2D eigenvalue weighted by molar-refractivity contribution is 5.96. The van der Waals surface area contributed by atoms with Crippen LogP contribution in [0.4, 0.5) is 0 Å². The van der Waals surface area contributed by atoms with Crippen molar-refractivity contribution in [2.24, 2.45) is 0 Å². The molecule has 1 fully saturated rings. The van der Waals surface area contributed by atoms with Gasteiger partial charge in [-0.05, 0) is 31.4 Å². The van der Waals surface area contributed by atoms with Crippen molar-refractivity contribution < 1.29 is 4.74 Å². The maximum atomic E-state index is 6.01. The van der Waals surface area contributed by atoms with E-state index < -0.39 is 0 Å². The van der Waals surface area contributed by atoms with E-state index >= 15 is 0 Å². The Morgan fingerprint density at radius 3 is 2.64 bits per heavy atom. The molecule has 1 atom stereocenters. The Bertz CT molecular complexity index is 1080. The Labute approximate surface area is 164 Å². The van der Waals surface area contributed by atoms with Crippen LogP contribution in [0.2, 0.25) is 0 Å². The number of aromatic nitrogens is 3. The highest BCUT2D eigenvalue weighted by Crippen LogP contribution is 2.35. The first kappa shape index (κ1) is 17.1. The highest BCUT2D eigenvalue weighted by Gasteiger charge is 2.21. The summed E-state index contributed by atoms with van der Waals surface area (Å²) >= 11 is 0. The molecule has 3 heterocycles. The summed E-state index contributed by atoms with van der Waals surface area (Å²) in [6.45, 7) is 1.68. The third kappa shape index (κ3) is 3.20. The summed E-state index contributed by atoms with van der Waals surface area (Å²) in [6, 6.07) is 20.8. The lowest BCUT2D eigenvalue weighted by Crippen LogP contribution is -2.24. The van der Waals surface area contributed by atoms with Gasteiger partial charge in [-0.2, -0.15) is 0 Å². The molecule has 0 amide bonds. The lowest BCUT2D eigenvalue weighted by atomic mass is 10.0. The molecule has 1 aliphatic heterocycles. The number of hydrogen-bond donors (Lipinski definition) is 0. The Hall–Kier alpha value is -2.98. The fourth-order valence-electron chi connectivity index (χ4n) is 4.08. The second kappa shape index (κ2) is 7.56. The number of rotatable bonds is 4. The van der Waals surface area contributed by atoms with Gasteiger partial charge in [0, 0.05) is 29.3 Å². The van der Waals surface area contributed by atoms with Crippen LogP contribution >= 0.6 is 0 Å². The normalized spacial score (nSPS) is 17.1. The Morgan fingerprint density at radius 2 is 1.79 bits per heavy atom. The molecule has 5 rings (SSSR count). The molecule has 28 heavy (non-hydrogen) atoms. The number of para-hydroxylation sites is 1. The van der Waals surface area contributed by atoms with Gasteiger partial charge in [-0.15, -0.1) is 0 Å². The van der Waals surface area contributed by atoms with Gasteiger partial charge in [0.2, 0.25) is 0 Å². The van der Waals surface area contributed by atoms with Gasteiger partial charge in [-0.1, -0.05) is 48.5 Å². The number of fused-ring (bicyclic) bond motifs is 1. The average Bonchev–Trinajstić information content (AvgIpc) is 3.18. The van der Waals surface area contributed by atoms with E-state index in [2.05, 4.69) is 58.1 Å². The number of nitrogens with zero attached hydrogens (tertiary/aromatic N) is 3. The van der Waals surface area contributed by atoms with Crippen molar-refractivity contribution >= 4 is 10.9 Å². The van der Waals surface area contributed by atoms with Crippen LogP contribution in [-0.2, 0) is 11.3 Å². The molecule has 4 heteroatoms. The molecule has 0 radical (unpaired) electrons. The molecule has 4 aromatic rings. The molecular formula is C24H23N3O. The van der Waals surface area contributed by atoms with Crippen LogP contribution in [0, 0.1) is 0 Å². The van der Waals surface area contributed by atoms with Gasteiger partial charge >= 0.3 is 0 Å². The van der Waals surface area contributed by atoms with Crippen LogP contribution < -0.4 is 0 Å². The van der Waals surface area contributed by atoms with Crippen molar-refractivity contribution in [1.82, 2.24) is 14.5 Å². The molecule has 2 aromatic heterocycles. The number of ether oxygens (including phenoxy) is 1. The van der Waals surface area contributed by atoms with Crippen molar-refractivity contribution in [2.45, 2.75) is 31.9 Å². The van der Waals surface area contributed by atoms with Gasteiger partial charge in [0.1, 0.15) is 0 Å². The first-order chi connectivity index (χ1) is 13.9. The minimum absolute atomic E-state index is 0.249. The molecule has 0 saturated carbocycles. The topological polar surface area (TPSA) is 39.9 Å². The molecule has 0 aliphatic carbocycles. The number of hydrogen-bond acceptors (Lipinski definition) is 3. The SMILES string of the molecule is c1ccc(-c2ncn(CC3CCCCO3)c2-c2ccnc3ccccc23)cc1. The average molecular weight is 369 g/mol. The molecule has 0 N–H and O–H groups in total. The summed E-state index contributed by atoms with van der Waals surface area (Å²) in [4.78, 5) is 9.37. The van der Waals surface area contributed by atoms with E-state index in [1.165, 1.54) is 6.42 Å². The molecule has 140 valence electrons. The molecule has 1 aliphatic rings. The Balaban J connectivity index is 1.68. The second-order valence-corrected chi connectivity index (χ2v) is 7.32. The van der Waals surface area contributed by atoms with Gasteiger partial charge in [0.15, 0.2) is 0 Å². The van der Waals surface area contributed by atoms with Crippen LogP contribution in [0.1, 0.15) is 19.3 Å². The minimum atomic E-state index is 0.249.